The van der Waals surface area contributed by atoms with E-state index in [4.69, 9.17) is 23.7 Å². The first-order valence-corrected chi connectivity index (χ1v) is 23.1. The first-order chi connectivity index (χ1) is 27.3. The summed E-state index contributed by atoms with van der Waals surface area (Å²) in [5.74, 6) is -1.54. The number of carboxylic acids is 1. The minimum atomic E-state index is -4.86. The van der Waals surface area contributed by atoms with Crippen LogP contribution in [0.25, 0.3) is 17.4 Å². The van der Waals surface area contributed by atoms with Crippen LogP contribution >= 0.6 is 0 Å². The molecule has 320 valence electrons. The Balaban J connectivity index is 1.63. The van der Waals surface area contributed by atoms with Crippen LogP contribution < -0.4 is 14.8 Å². The smallest absolute Gasteiger partial charge is 0.305 e. The molecule has 58 heavy (non-hydrogen) atoms. The Morgan fingerprint density at radius 1 is 0.879 bits per heavy atom. The summed E-state index contributed by atoms with van der Waals surface area (Å²) in [6.45, 7) is 6.04. The molecule has 1 atom stereocenters. The maximum atomic E-state index is 12.1. The first kappa shape index (κ1) is 46.7. The predicted molar refractivity (Wildman–Crippen MR) is 210 cm³/mol. The Morgan fingerprint density at radius 3 is 2.17 bits per heavy atom. The molecule has 3 aliphatic rings. The van der Waals surface area contributed by atoms with Crippen LogP contribution in [-0.4, -0.2) is 121 Å². The van der Waals surface area contributed by atoms with Crippen molar-refractivity contribution in [3.8, 4) is 11.3 Å². The summed E-state index contributed by atoms with van der Waals surface area (Å²) in [6, 6.07) is 11.3. The molecular formula is C38H48N2O15S3-2. The fourth-order valence-corrected chi connectivity index (χ4v) is 8.23. The maximum absolute atomic E-state index is 12.1. The van der Waals surface area contributed by atoms with Crippen LogP contribution in [0.15, 0.2) is 75.9 Å². The highest BCUT2D eigenvalue weighted by Crippen LogP contribution is 2.51. The largest absolute Gasteiger partial charge is 0.748 e. The van der Waals surface area contributed by atoms with Gasteiger partial charge in [0.1, 0.15) is 29.0 Å². The number of fused-ring (bicyclic) bond motifs is 2. The van der Waals surface area contributed by atoms with E-state index < -0.39 is 58.1 Å². The van der Waals surface area contributed by atoms with Gasteiger partial charge in [-0.25, -0.2) is 29.8 Å². The van der Waals surface area contributed by atoms with Crippen molar-refractivity contribution in [2.75, 3.05) is 75.7 Å². The van der Waals surface area contributed by atoms with E-state index in [2.05, 4.69) is 0 Å². The molecule has 0 radical (unpaired) electrons. The number of rotatable bonds is 24. The Bertz CT molecular complexity index is 2320. The van der Waals surface area contributed by atoms with Gasteiger partial charge in [-0.05, 0) is 74.2 Å². The van der Waals surface area contributed by atoms with E-state index in [1.54, 1.807) is 25.1 Å². The van der Waals surface area contributed by atoms with Crippen LogP contribution in [0.1, 0.15) is 50.7 Å². The van der Waals surface area contributed by atoms with Crippen molar-refractivity contribution in [3.63, 3.8) is 0 Å². The topological polar surface area (TPSA) is 256 Å². The third-order valence-corrected chi connectivity index (χ3v) is 12.0. The van der Waals surface area contributed by atoms with Crippen LogP contribution in [0, 0.1) is 0 Å². The molecule has 1 N–H and O–H groups in total. The summed E-state index contributed by atoms with van der Waals surface area (Å²) in [6.07, 6.45) is 7.06. The molecule has 2 aliphatic heterocycles. The number of aliphatic carboxylic acids is 1. The lowest BCUT2D eigenvalue weighted by Crippen LogP contribution is -2.31. The van der Waals surface area contributed by atoms with Crippen molar-refractivity contribution in [1.82, 2.24) is 4.58 Å². The van der Waals surface area contributed by atoms with Gasteiger partial charge < -0.3 is 42.3 Å². The number of carboxylic acid groups (broad SMARTS) is 1. The van der Waals surface area contributed by atoms with E-state index in [1.165, 1.54) is 24.5 Å². The standard InChI is InChI=1S/C38H50N2O15S3/c1-3-39(16-6-26-57(46,47)48)30-9-11-32-29(13-19-55-35(32)27-30)7-4-8-36-38(2,15-5-25-56(43,44)45)33-28-31(58(49,50)51)10-12-34(33)40(36)17-20-53-22-24-54-23-21-52-18-14-37(41)42/h4,7-13,19,27-28H,3,5-6,14-18,20-26H2,1-2H3,(H3-,41,42,43,44,45,46,47,48,49,50,51)/p-2. The molecular weight excluding hydrogens is 821 g/mol. The number of hydrogen-bond acceptors (Lipinski definition) is 15. The average molecular weight is 869 g/mol. The second kappa shape index (κ2) is 20.8. The molecule has 0 aromatic heterocycles. The lowest BCUT2D eigenvalue weighted by atomic mass is 9.77. The number of anilines is 1. The number of benzene rings is 2. The summed E-state index contributed by atoms with van der Waals surface area (Å²) in [5.41, 5.74) is 2.13. The molecule has 1 aromatic carbocycles. The quantitative estimate of drug-likeness (QED) is 0.0771. The third-order valence-electron chi connectivity index (χ3n) is 9.55. The predicted octanol–water partition coefficient (Wildman–Crippen LogP) is 2.54. The molecule has 0 spiro atoms. The van der Waals surface area contributed by atoms with Crippen molar-refractivity contribution in [2.24, 2.45) is 0 Å². The number of ether oxygens (including phenoxy) is 3. The van der Waals surface area contributed by atoms with E-state index in [1.807, 2.05) is 40.7 Å². The van der Waals surface area contributed by atoms with Gasteiger partial charge in [0.15, 0.2) is 0 Å². The zero-order valence-electron chi connectivity index (χ0n) is 32.2. The van der Waals surface area contributed by atoms with Crippen LogP contribution in [0.4, 0.5) is 5.69 Å². The van der Waals surface area contributed by atoms with Gasteiger partial charge in [0.25, 0.3) is 0 Å². The van der Waals surface area contributed by atoms with Crippen molar-refractivity contribution in [1.29, 1.82) is 0 Å². The first-order valence-electron chi connectivity index (χ1n) is 18.5. The molecule has 1 aromatic rings. The van der Waals surface area contributed by atoms with E-state index in [0.29, 0.717) is 35.8 Å². The highest BCUT2D eigenvalue weighted by Gasteiger charge is 2.43. The molecule has 0 bridgehead atoms. The molecule has 20 heteroatoms. The van der Waals surface area contributed by atoms with Gasteiger partial charge >= 0.3 is 5.97 Å². The number of carbonyl (C=O) groups is 1. The fourth-order valence-electron chi connectivity index (χ4n) is 6.76. The fraction of sp³-hybridized carbons (Fsp3) is 0.474. The molecule has 0 saturated carbocycles. The van der Waals surface area contributed by atoms with Gasteiger partial charge in [0.2, 0.25) is 5.36 Å². The minimum Gasteiger partial charge on any atom is -0.748 e. The Labute approximate surface area is 338 Å². The van der Waals surface area contributed by atoms with Gasteiger partial charge in [-0.1, -0.05) is 12.2 Å². The SMILES string of the molecule is CC[N+](CCCS(=O)(=O)[O-])=c1ccc2c(/C=C/C=C3/N(CCOCCOCCOCCC(=O)O)c4ccc(S(=O)(=O)[O-])cc4C3(C)CCCS(=O)(=O)[O-])ccoc-2c1. The second-order valence-corrected chi connectivity index (χ2v) is 18.1. The van der Waals surface area contributed by atoms with Gasteiger partial charge in [0, 0.05) is 52.9 Å². The molecule has 4 rings (SSSR count). The van der Waals surface area contributed by atoms with Crippen molar-refractivity contribution in [3.05, 3.63) is 83.1 Å². The van der Waals surface area contributed by atoms with Gasteiger partial charge in [0.05, 0.1) is 83.5 Å². The van der Waals surface area contributed by atoms with Crippen LogP contribution in [-0.2, 0) is 54.8 Å². The molecule has 0 saturated heterocycles. The molecule has 0 fully saturated rings. The Morgan fingerprint density at radius 2 is 1.53 bits per heavy atom. The lowest BCUT2D eigenvalue weighted by molar-refractivity contribution is -0.138. The second-order valence-electron chi connectivity index (χ2n) is 13.6. The highest BCUT2D eigenvalue weighted by molar-refractivity contribution is 7.86. The van der Waals surface area contributed by atoms with Gasteiger partial charge in [-0.15, -0.1) is 0 Å². The van der Waals surface area contributed by atoms with Crippen molar-refractivity contribution < 1.29 is 67.4 Å². The molecule has 1 aliphatic carbocycles. The summed E-state index contributed by atoms with van der Waals surface area (Å²) in [5, 5.41) is 9.46. The van der Waals surface area contributed by atoms with Gasteiger partial charge in [-0.2, -0.15) is 0 Å². The van der Waals surface area contributed by atoms with Crippen LogP contribution in [0.3, 0.4) is 0 Å². The minimum absolute atomic E-state index is 0.0481. The van der Waals surface area contributed by atoms with E-state index in [9.17, 15) is 43.7 Å². The summed E-state index contributed by atoms with van der Waals surface area (Å²) in [7, 11) is -13.8. The zero-order valence-corrected chi connectivity index (χ0v) is 34.7. The Hall–Kier alpha value is -3.99. The van der Waals surface area contributed by atoms with E-state index in [0.717, 1.165) is 16.5 Å². The summed E-state index contributed by atoms with van der Waals surface area (Å²) >= 11 is 0. The monoisotopic (exact) mass is 868 g/mol. The number of allylic oxidation sites excluding steroid dienone is 3. The van der Waals surface area contributed by atoms with E-state index >= 15 is 0 Å². The van der Waals surface area contributed by atoms with E-state index in [-0.39, 0.29) is 71.9 Å². The van der Waals surface area contributed by atoms with Gasteiger partial charge in [-0.3, -0.25) is 4.79 Å². The molecule has 0 amide bonds. The lowest BCUT2D eigenvalue weighted by Gasteiger charge is -2.30. The van der Waals surface area contributed by atoms with Crippen LogP contribution in [0.2, 0.25) is 0 Å². The van der Waals surface area contributed by atoms with Crippen molar-refractivity contribution >= 4 is 48.1 Å². The van der Waals surface area contributed by atoms with Crippen molar-refractivity contribution in [2.45, 2.75) is 49.8 Å². The summed E-state index contributed by atoms with van der Waals surface area (Å²) < 4.78 is 129. The number of hydrogen-bond donors (Lipinski definition) is 1. The summed E-state index contributed by atoms with van der Waals surface area (Å²) in [4.78, 5) is 12.0. The maximum Gasteiger partial charge on any atom is 0.305 e. The molecule has 1 unspecified atom stereocenters. The molecule has 17 nitrogen and oxygen atoms in total. The molecule has 2 heterocycles. The zero-order chi connectivity index (χ0) is 42.6. The Kier molecular flexibility index (Phi) is 16.8. The highest BCUT2D eigenvalue weighted by atomic mass is 32.2. The van der Waals surface area contributed by atoms with Crippen LogP contribution in [0.5, 0.6) is 0 Å². The number of nitrogens with zero attached hydrogens (tertiary/aromatic N) is 2. The normalized spacial score (nSPS) is 17.4. The average Bonchev–Trinajstić information content (AvgIpc) is 3.36. The third kappa shape index (κ3) is 13.8.